The molecule has 0 bridgehead atoms. The van der Waals surface area contributed by atoms with Crippen LogP contribution >= 0.6 is 0 Å². The highest BCUT2D eigenvalue weighted by atomic mass is 32.2. The Morgan fingerprint density at radius 3 is 2.68 bits per heavy atom. The zero-order valence-corrected chi connectivity index (χ0v) is 20.6. The molecule has 0 saturated carbocycles. The average molecular weight is 482 g/mol. The smallest absolute Gasteiger partial charge is 0.283 e. The SMILES string of the molecule is COc1ccc(S(=O)(=O)/N=C/N(C)C)cc1CN1CCC(Nc2ccc3cnccc3c2)CC1. The lowest BCUT2D eigenvalue weighted by molar-refractivity contribution is 0.208. The van der Waals surface area contributed by atoms with Crippen molar-refractivity contribution in [1.29, 1.82) is 0 Å². The van der Waals surface area contributed by atoms with Gasteiger partial charge in [-0.2, -0.15) is 8.42 Å². The number of hydrogen-bond acceptors (Lipinski definition) is 6. The third kappa shape index (κ3) is 5.84. The molecule has 0 atom stereocenters. The number of nitrogens with one attached hydrogen (secondary N) is 1. The maximum atomic E-state index is 12.6. The molecular formula is C25H31N5O3S. The molecular weight excluding hydrogens is 450 g/mol. The van der Waals surface area contributed by atoms with Crippen molar-refractivity contribution in [1.82, 2.24) is 14.8 Å². The van der Waals surface area contributed by atoms with Gasteiger partial charge in [-0.15, -0.1) is 4.40 Å². The second kappa shape index (κ2) is 10.4. The van der Waals surface area contributed by atoms with Crippen LogP contribution in [0.15, 0.2) is 64.2 Å². The van der Waals surface area contributed by atoms with E-state index in [4.69, 9.17) is 4.74 Å². The Hall–Kier alpha value is -3.17. The standard InChI is InChI=1S/C25H31N5O3S/c1-29(2)18-27-34(31,32)24-6-7-25(33-3)21(15-24)17-30-12-9-22(10-13-30)28-23-5-4-20-16-26-11-8-19(20)14-23/h4-8,11,14-16,18,22,28H,9-10,12-13,17H2,1-3H3/b27-18+. The van der Waals surface area contributed by atoms with Gasteiger partial charge in [0.1, 0.15) is 12.1 Å². The largest absolute Gasteiger partial charge is 0.496 e. The molecule has 2 aromatic carbocycles. The van der Waals surface area contributed by atoms with Crippen molar-refractivity contribution < 1.29 is 13.2 Å². The van der Waals surface area contributed by atoms with Crippen LogP contribution in [0.3, 0.4) is 0 Å². The van der Waals surface area contributed by atoms with Crippen molar-refractivity contribution >= 4 is 32.8 Å². The Balaban J connectivity index is 1.40. The predicted molar refractivity (Wildman–Crippen MR) is 136 cm³/mol. The molecule has 0 aliphatic carbocycles. The summed E-state index contributed by atoms with van der Waals surface area (Å²) in [6.45, 7) is 2.45. The first-order chi connectivity index (χ1) is 16.3. The Bertz CT molecular complexity index is 1270. The fourth-order valence-corrected chi connectivity index (χ4v) is 5.11. The quantitative estimate of drug-likeness (QED) is 0.389. The van der Waals surface area contributed by atoms with E-state index in [0.717, 1.165) is 42.6 Å². The molecule has 0 radical (unpaired) electrons. The number of benzene rings is 2. The lowest BCUT2D eigenvalue weighted by atomic mass is 10.0. The Labute approximate surface area is 201 Å². The number of aromatic nitrogens is 1. The fourth-order valence-electron chi connectivity index (χ4n) is 4.14. The number of nitrogens with zero attached hydrogens (tertiary/aromatic N) is 4. The lowest BCUT2D eigenvalue weighted by Gasteiger charge is -2.33. The van der Waals surface area contributed by atoms with Gasteiger partial charge in [0, 0.05) is 68.8 Å². The van der Waals surface area contributed by atoms with Gasteiger partial charge in [-0.1, -0.05) is 6.07 Å². The van der Waals surface area contributed by atoms with Crippen LogP contribution in [0.2, 0.25) is 0 Å². The summed E-state index contributed by atoms with van der Waals surface area (Å²) in [5, 5.41) is 5.97. The van der Waals surface area contributed by atoms with E-state index in [1.54, 1.807) is 44.3 Å². The molecule has 2 heterocycles. The van der Waals surface area contributed by atoms with Gasteiger partial charge >= 0.3 is 0 Å². The second-order valence-corrected chi connectivity index (χ2v) is 10.4. The molecule has 1 aromatic heterocycles. The molecule has 0 unspecified atom stereocenters. The Morgan fingerprint density at radius 1 is 1.15 bits per heavy atom. The van der Waals surface area contributed by atoms with Crippen molar-refractivity contribution in [2.75, 3.05) is 39.6 Å². The van der Waals surface area contributed by atoms with E-state index in [0.29, 0.717) is 18.3 Å². The van der Waals surface area contributed by atoms with Crippen LogP contribution in [0.1, 0.15) is 18.4 Å². The molecule has 9 heteroatoms. The number of hydrogen-bond donors (Lipinski definition) is 1. The minimum absolute atomic E-state index is 0.171. The van der Waals surface area contributed by atoms with Crippen LogP contribution in [-0.2, 0) is 16.6 Å². The van der Waals surface area contributed by atoms with Crippen LogP contribution in [0.4, 0.5) is 5.69 Å². The van der Waals surface area contributed by atoms with E-state index in [9.17, 15) is 8.42 Å². The van der Waals surface area contributed by atoms with E-state index >= 15 is 0 Å². The first kappa shape index (κ1) is 24.0. The second-order valence-electron chi connectivity index (χ2n) is 8.77. The Morgan fingerprint density at radius 2 is 1.94 bits per heavy atom. The van der Waals surface area contributed by atoms with Gasteiger partial charge in [0.15, 0.2) is 0 Å². The van der Waals surface area contributed by atoms with Crippen LogP contribution in [0.5, 0.6) is 5.75 Å². The van der Waals surface area contributed by atoms with Crippen molar-refractivity contribution in [2.45, 2.75) is 30.3 Å². The maximum absolute atomic E-state index is 12.6. The van der Waals surface area contributed by atoms with Gasteiger partial charge in [-0.05, 0) is 54.6 Å². The normalized spacial score (nSPS) is 15.6. The van der Waals surface area contributed by atoms with Crippen molar-refractivity contribution in [3.63, 3.8) is 0 Å². The predicted octanol–water partition coefficient (Wildman–Crippen LogP) is 3.60. The van der Waals surface area contributed by atoms with Crippen LogP contribution in [0, 0.1) is 0 Å². The number of pyridine rings is 1. The highest BCUT2D eigenvalue weighted by molar-refractivity contribution is 7.90. The van der Waals surface area contributed by atoms with E-state index in [2.05, 4.69) is 37.8 Å². The monoisotopic (exact) mass is 481 g/mol. The van der Waals surface area contributed by atoms with Gasteiger partial charge < -0.3 is 15.0 Å². The number of sulfonamides is 1. The molecule has 1 saturated heterocycles. The number of anilines is 1. The van der Waals surface area contributed by atoms with Gasteiger partial charge in [-0.3, -0.25) is 9.88 Å². The molecule has 0 amide bonds. The molecule has 180 valence electrons. The van der Waals surface area contributed by atoms with Crippen LogP contribution in [-0.4, -0.2) is 69.9 Å². The highest BCUT2D eigenvalue weighted by Crippen LogP contribution is 2.27. The van der Waals surface area contributed by atoms with Crippen LogP contribution < -0.4 is 10.1 Å². The molecule has 4 rings (SSSR count). The topological polar surface area (TPSA) is 87.1 Å². The average Bonchev–Trinajstić information content (AvgIpc) is 2.84. The summed E-state index contributed by atoms with van der Waals surface area (Å²) >= 11 is 0. The molecule has 34 heavy (non-hydrogen) atoms. The number of likely N-dealkylation sites (tertiary alicyclic amines) is 1. The number of fused-ring (bicyclic) bond motifs is 1. The zero-order valence-electron chi connectivity index (χ0n) is 19.8. The van der Waals surface area contributed by atoms with Gasteiger partial charge in [0.2, 0.25) is 0 Å². The molecule has 1 aliphatic rings. The molecule has 8 nitrogen and oxygen atoms in total. The summed E-state index contributed by atoms with van der Waals surface area (Å²) in [7, 11) is 1.30. The summed E-state index contributed by atoms with van der Waals surface area (Å²) in [6, 6.07) is 13.7. The van der Waals surface area contributed by atoms with Crippen LogP contribution in [0.25, 0.3) is 10.8 Å². The first-order valence-electron chi connectivity index (χ1n) is 11.3. The molecule has 3 aromatic rings. The van der Waals surface area contributed by atoms with Gasteiger partial charge in [-0.25, -0.2) is 0 Å². The third-order valence-corrected chi connectivity index (χ3v) is 7.18. The van der Waals surface area contributed by atoms with Crippen molar-refractivity contribution in [2.24, 2.45) is 4.40 Å². The molecule has 1 fully saturated rings. The maximum Gasteiger partial charge on any atom is 0.283 e. The summed E-state index contributed by atoms with van der Waals surface area (Å²) in [5.74, 6) is 0.682. The van der Waals surface area contributed by atoms with Crippen molar-refractivity contribution in [3.8, 4) is 5.75 Å². The van der Waals surface area contributed by atoms with Gasteiger partial charge in [0.05, 0.1) is 12.0 Å². The lowest BCUT2D eigenvalue weighted by Crippen LogP contribution is -2.38. The minimum atomic E-state index is -3.76. The highest BCUT2D eigenvalue weighted by Gasteiger charge is 2.22. The van der Waals surface area contributed by atoms with E-state index in [1.165, 1.54) is 11.7 Å². The fraction of sp³-hybridized carbons (Fsp3) is 0.360. The number of piperidine rings is 1. The Kier molecular flexibility index (Phi) is 7.33. The molecule has 0 spiro atoms. The van der Waals surface area contributed by atoms with Crippen molar-refractivity contribution in [3.05, 3.63) is 60.4 Å². The van der Waals surface area contributed by atoms with E-state index < -0.39 is 10.0 Å². The summed E-state index contributed by atoms with van der Waals surface area (Å²) < 4.78 is 34.4. The minimum Gasteiger partial charge on any atom is -0.496 e. The molecule has 1 N–H and O–H groups in total. The van der Waals surface area contributed by atoms with E-state index in [-0.39, 0.29) is 4.90 Å². The van der Waals surface area contributed by atoms with E-state index in [1.807, 2.05) is 18.5 Å². The summed E-state index contributed by atoms with van der Waals surface area (Å²) in [4.78, 5) is 8.27. The summed E-state index contributed by atoms with van der Waals surface area (Å²) in [6.07, 6.45) is 6.99. The summed E-state index contributed by atoms with van der Waals surface area (Å²) in [5.41, 5.74) is 1.97. The first-order valence-corrected chi connectivity index (χ1v) is 12.7. The number of ether oxygens (including phenoxy) is 1. The third-order valence-electron chi connectivity index (χ3n) is 5.96. The van der Waals surface area contributed by atoms with Gasteiger partial charge in [0.25, 0.3) is 10.0 Å². The number of methoxy groups -OCH3 is 1. The number of rotatable bonds is 8. The zero-order chi connectivity index (χ0) is 24.1. The molecule has 1 aliphatic heterocycles.